The molecule has 0 bridgehead atoms. The molecule has 0 spiro atoms. The van der Waals surface area contributed by atoms with Crippen molar-refractivity contribution in [3.63, 3.8) is 0 Å². The molecule has 0 aromatic carbocycles. The van der Waals surface area contributed by atoms with E-state index >= 15 is 0 Å². The van der Waals surface area contributed by atoms with E-state index in [1.165, 1.54) is 50.6 Å². The van der Waals surface area contributed by atoms with E-state index in [1.807, 2.05) is 0 Å². The standard InChI is InChI=1S/C21H31NO/c1-20-11-8-18-14(9-12-22-18)16(20)4-3-13-15-5-6-19(23)21(15,2)10-7-17(13)20/h9,12-13,15-17,19,22-23H,3-8,10-11H2,1-2H3/t13-,15-,16-,17-,19-,20-,21-/m0/s1. The monoisotopic (exact) mass is 313 g/mol. The summed E-state index contributed by atoms with van der Waals surface area (Å²) in [5.41, 5.74) is 3.87. The van der Waals surface area contributed by atoms with Crippen LogP contribution < -0.4 is 0 Å². The van der Waals surface area contributed by atoms with Gasteiger partial charge in [0.25, 0.3) is 0 Å². The molecule has 1 aromatic heterocycles. The van der Waals surface area contributed by atoms with Crippen molar-refractivity contribution in [2.24, 2.45) is 28.6 Å². The Labute approximate surface area is 140 Å². The topological polar surface area (TPSA) is 36.0 Å². The Kier molecular flexibility index (Phi) is 2.95. The van der Waals surface area contributed by atoms with Gasteiger partial charge >= 0.3 is 0 Å². The number of aromatic nitrogens is 1. The molecule has 0 amide bonds. The summed E-state index contributed by atoms with van der Waals surface area (Å²) in [5, 5.41) is 10.6. The minimum absolute atomic E-state index is 0.0402. The van der Waals surface area contributed by atoms with Crippen molar-refractivity contribution in [2.45, 2.75) is 77.2 Å². The highest BCUT2D eigenvalue weighted by Crippen LogP contribution is 2.67. The SMILES string of the molecule is C[C@]12CCc3[nH]ccc3[C@@H]1CC[C@@H]1[C@@H]2CC[C@]2(C)[C@@H](O)CC[C@@H]12. The Morgan fingerprint density at radius 3 is 2.70 bits per heavy atom. The number of aromatic amines is 1. The number of nitrogens with one attached hydrogen (secondary N) is 1. The van der Waals surface area contributed by atoms with Crippen LogP contribution >= 0.6 is 0 Å². The molecule has 4 aliphatic carbocycles. The first-order valence-corrected chi connectivity index (χ1v) is 9.88. The first-order valence-electron chi connectivity index (χ1n) is 9.88. The predicted octanol–water partition coefficient (Wildman–Crippen LogP) is 4.65. The molecule has 23 heavy (non-hydrogen) atoms. The first-order chi connectivity index (χ1) is 11.0. The van der Waals surface area contributed by atoms with E-state index in [4.69, 9.17) is 0 Å². The number of aliphatic hydroxyl groups is 1. The smallest absolute Gasteiger partial charge is 0.0596 e. The van der Waals surface area contributed by atoms with E-state index in [2.05, 4.69) is 31.1 Å². The van der Waals surface area contributed by atoms with Gasteiger partial charge in [0.2, 0.25) is 0 Å². The fourth-order valence-corrected chi connectivity index (χ4v) is 7.65. The van der Waals surface area contributed by atoms with Crippen molar-refractivity contribution in [3.8, 4) is 0 Å². The van der Waals surface area contributed by atoms with Crippen molar-refractivity contribution < 1.29 is 5.11 Å². The van der Waals surface area contributed by atoms with Crippen molar-refractivity contribution >= 4 is 0 Å². The number of aryl methyl sites for hydroxylation is 1. The van der Waals surface area contributed by atoms with Crippen LogP contribution in [0, 0.1) is 28.6 Å². The maximum absolute atomic E-state index is 10.6. The molecule has 1 heterocycles. The molecule has 0 aliphatic heterocycles. The van der Waals surface area contributed by atoms with Gasteiger partial charge < -0.3 is 10.1 Å². The summed E-state index contributed by atoms with van der Waals surface area (Å²) >= 11 is 0. The van der Waals surface area contributed by atoms with Gasteiger partial charge in [-0.25, -0.2) is 0 Å². The van der Waals surface area contributed by atoms with Crippen LogP contribution in [0.3, 0.4) is 0 Å². The molecule has 7 atom stereocenters. The zero-order valence-corrected chi connectivity index (χ0v) is 14.6. The summed E-state index contributed by atoms with van der Waals surface area (Å²) in [6, 6.07) is 2.37. The van der Waals surface area contributed by atoms with Crippen molar-refractivity contribution in [1.29, 1.82) is 0 Å². The van der Waals surface area contributed by atoms with Crippen molar-refractivity contribution in [1.82, 2.24) is 4.98 Å². The van der Waals surface area contributed by atoms with E-state index in [1.54, 1.807) is 5.56 Å². The zero-order chi connectivity index (χ0) is 15.8. The Morgan fingerprint density at radius 1 is 1.00 bits per heavy atom. The highest BCUT2D eigenvalue weighted by Gasteiger charge is 2.60. The molecule has 4 aliphatic rings. The van der Waals surface area contributed by atoms with Gasteiger partial charge in [0.1, 0.15) is 0 Å². The van der Waals surface area contributed by atoms with Crippen LogP contribution in [-0.4, -0.2) is 16.2 Å². The molecule has 0 unspecified atom stereocenters. The van der Waals surface area contributed by atoms with Crippen LogP contribution in [0.1, 0.15) is 76.0 Å². The second-order valence-corrected chi connectivity index (χ2v) is 9.56. The Bertz CT molecular complexity index is 621. The minimum atomic E-state index is -0.0402. The third-order valence-corrected chi connectivity index (χ3v) is 8.98. The number of rotatable bonds is 0. The number of aliphatic hydroxyl groups excluding tert-OH is 1. The largest absolute Gasteiger partial charge is 0.393 e. The van der Waals surface area contributed by atoms with E-state index in [9.17, 15) is 5.11 Å². The maximum Gasteiger partial charge on any atom is 0.0596 e. The van der Waals surface area contributed by atoms with Crippen LogP contribution in [0.15, 0.2) is 12.3 Å². The van der Waals surface area contributed by atoms with Crippen LogP contribution in [0.25, 0.3) is 0 Å². The summed E-state index contributed by atoms with van der Waals surface area (Å²) in [7, 11) is 0. The van der Waals surface area contributed by atoms with E-state index in [-0.39, 0.29) is 11.5 Å². The molecule has 0 saturated heterocycles. The summed E-state index contributed by atoms with van der Waals surface area (Å²) in [5.74, 6) is 3.30. The van der Waals surface area contributed by atoms with Gasteiger partial charge in [-0.3, -0.25) is 0 Å². The van der Waals surface area contributed by atoms with Gasteiger partial charge in [-0.05, 0) is 97.5 Å². The Morgan fingerprint density at radius 2 is 1.83 bits per heavy atom. The molecule has 3 fully saturated rings. The third-order valence-electron chi connectivity index (χ3n) is 8.98. The third kappa shape index (κ3) is 1.74. The van der Waals surface area contributed by atoms with Crippen LogP contribution in [-0.2, 0) is 6.42 Å². The molecular weight excluding hydrogens is 282 g/mol. The fraction of sp³-hybridized carbons (Fsp3) is 0.810. The number of fused-ring (bicyclic) bond motifs is 7. The van der Waals surface area contributed by atoms with Gasteiger partial charge in [0.05, 0.1) is 6.10 Å². The van der Waals surface area contributed by atoms with Crippen LogP contribution in [0.5, 0.6) is 0 Å². The molecular formula is C21H31NO. The van der Waals surface area contributed by atoms with Crippen LogP contribution in [0.2, 0.25) is 0 Å². The summed E-state index contributed by atoms with van der Waals surface area (Å²) < 4.78 is 0. The second-order valence-electron chi connectivity index (χ2n) is 9.56. The Hall–Kier alpha value is -0.760. The molecule has 2 N–H and O–H groups in total. The van der Waals surface area contributed by atoms with E-state index in [0.29, 0.717) is 5.41 Å². The average molecular weight is 313 g/mol. The lowest BCUT2D eigenvalue weighted by Crippen LogP contribution is -2.52. The molecule has 2 nitrogen and oxygen atoms in total. The lowest BCUT2D eigenvalue weighted by Gasteiger charge is -2.60. The zero-order valence-electron chi connectivity index (χ0n) is 14.6. The lowest BCUT2D eigenvalue weighted by molar-refractivity contribution is -0.0989. The molecule has 3 saturated carbocycles. The number of hydrogen-bond acceptors (Lipinski definition) is 1. The molecule has 0 radical (unpaired) electrons. The molecule has 2 heteroatoms. The minimum Gasteiger partial charge on any atom is -0.393 e. The van der Waals surface area contributed by atoms with Crippen molar-refractivity contribution in [2.75, 3.05) is 0 Å². The second kappa shape index (κ2) is 4.65. The lowest BCUT2D eigenvalue weighted by atomic mass is 9.45. The highest BCUT2D eigenvalue weighted by molar-refractivity contribution is 5.32. The predicted molar refractivity (Wildman–Crippen MR) is 92.2 cm³/mol. The van der Waals surface area contributed by atoms with Gasteiger partial charge in [0, 0.05) is 11.9 Å². The van der Waals surface area contributed by atoms with Crippen LogP contribution in [0.4, 0.5) is 0 Å². The quantitative estimate of drug-likeness (QED) is 0.718. The highest BCUT2D eigenvalue weighted by atomic mass is 16.3. The number of hydrogen-bond donors (Lipinski definition) is 2. The summed E-state index contributed by atoms with van der Waals surface area (Å²) in [6.45, 7) is 5.00. The molecule has 1 aromatic rings. The summed E-state index contributed by atoms with van der Waals surface area (Å²) in [4.78, 5) is 3.50. The molecule has 126 valence electrons. The normalized spacial score (nSPS) is 51.5. The van der Waals surface area contributed by atoms with E-state index < -0.39 is 0 Å². The van der Waals surface area contributed by atoms with Gasteiger partial charge in [-0.15, -0.1) is 0 Å². The van der Waals surface area contributed by atoms with Gasteiger partial charge in [-0.1, -0.05) is 13.8 Å². The fourth-order valence-electron chi connectivity index (χ4n) is 7.65. The van der Waals surface area contributed by atoms with E-state index in [0.717, 1.165) is 30.1 Å². The number of H-pyrrole nitrogens is 1. The van der Waals surface area contributed by atoms with Gasteiger partial charge in [-0.2, -0.15) is 0 Å². The molecule has 5 rings (SSSR count). The Balaban J connectivity index is 1.51. The maximum atomic E-state index is 10.6. The average Bonchev–Trinajstić information content (AvgIpc) is 3.12. The summed E-state index contributed by atoms with van der Waals surface area (Å²) in [6.07, 6.45) is 12.4. The van der Waals surface area contributed by atoms with Gasteiger partial charge in [0.15, 0.2) is 0 Å². The van der Waals surface area contributed by atoms with Crippen molar-refractivity contribution in [3.05, 3.63) is 23.5 Å². The first kappa shape index (κ1) is 14.6.